The lowest BCUT2D eigenvalue weighted by Gasteiger charge is -2.13. The number of nitrogens with one attached hydrogen (secondary N) is 1. The average molecular weight is 308 g/mol. The topological polar surface area (TPSA) is 12.0 Å². The Morgan fingerprint density at radius 1 is 1.20 bits per heavy atom. The Balaban J connectivity index is 1.88. The first-order valence-corrected chi connectivity index (χ1v) is 9.65. The number of hydrogen-bond donors (Lipinski definition) is 1. The van der Waals surface area contributed by atoms with Crippen molar-refractivity contribution in [3.8, 4) is 0 Å². The molecular formula is C17H25NS2. The van der Waals surface area contributed by atoms with Crippen LogP contribution in [0.15, 0.2) is 24.3 Å². The van der Waals surface area contributed by atoms with Gasteiger partial charge in [0, 0.05) is 15.6 Å². The molecule has 1 nitrogen and oxygen atoms in total. The first-order valence-electron chi connectivity index (χ1n) is 7.44. The van der Waals surface area contributed by atoms with Crippen molar-refractivity contribution in [1.82, 2.24) is 5.32 Å². The van der Waals surface area contributed by atoms with Gasteiger partial charge in [0.1, 0.15) is 0 Å². The molecule has 0 radical (unpaired) electrons. The van der Waals surface area contributed by atoms with Gasteiger partial charge in [-0.1, -0.05) is 24.6 Å². The largest absolute Gasteiger partial charge is 0.309 e. The van der Waals surface area contributed by atoms with Gasteiger partial charge in [-0.05, 0) is 62.3 Å². The number of hydrogen-bond acceptors (Lipinski definition) is 3. The van der Waals surface area contributed by atoms with Crippen LogP contribution in [-0.4, -0.2) is 18.6 Å². The fourth-order valence-electron chi connectivity index (χ4n) is 2.57. The fraction of sp³-hybridized carbons (Fsp3) is 0.529. The van der Waals surface area contributed by atoms with Crippen molar-refractivity contribution < 1.29 is 0 Å². The van der Waals surface area contributed by atoms with Gasteiger partial charge in [-0.3, -0.25) is 0 Å². The van der Waals surface area contributed by atoms with E-state index in [0.717, 1.165) is 6.54 Å². The third kappa shape index (κ3) is 4.00. The molecule has 110 valence electrons. The summed E-state index contributed by atoms with van der Waals surface area (Å²) < 4.78 is 1.41. The minimum absolute atomic E-state index is 0.466. The Morgan fingerprint density at radius 3 is 2.75 bits per heavy atom. The standard InChI is InChI=1S/C17H25NS2/c1-13-15-9-5-6-10-16(15)20-17(13)14(2)18-11-7-4-8-12-19-3/h5-6,9-10,14,18H,4,7-8,11-12H2,1-3H3. The van der Waals surface area contributed by atoms with Crippen LogP contribution in [0.2, 0.25) is 0 Å². The number of thioether (sulfide) groups is 1. The van der Waals surface area contributed by atoms with E-state index >= 15 is 0 Å². The molecule has 0 aliphatic rings. The molecule has 0 spiro atoms. The molecule has 0 bridgehead atoms. The van der Waals surface area contributed by atoms with Crippen LogP contribution in [0.1, 0.15) is 42.7 Å². The minimum atomic E-state index is 0.466. The zero-order valence-electron chi connectivity index (χ0n) is 12.7. The maximum Gasteiger partial charge on any atom is 0.0389 e. The monoisotopic (exact) mass is 307 g/mol. The predicted octanol–water partition coefficient (Wildman–Crippen LogP) is 5.39. The summed E-state index contributed by atoms with van der Waals surface area (Å²) in [7, 11) is 0. The number of thiophene rings is 1. The van der Waals surface area contributed by atoms with Crippen molar-refractivity contribution in [2.45, 2.75) is 39.2 Å². The van der Waals surface area contributed by atoms with Crippen molar-refractivity contribution in [2.24, 2.45) is 0 Å². The van der Waals surface area contributed by atoms with Gasteiger partial charge < -0.3 is 5.32 Å². The Morgan fingerprint density at radius 2 is 2.00 bits per heavy atom. The number of unbranched alkanes of at least 4 members (excludes halogenated alkanes) is 2. The first kappa shape index (κ1) is 15.9. The fourth-order valence-corrected chi connectivity index (χ4v) is 4.30. The second kappa shape index (κ2) is 8.06. The SMILES string of the molecule is CSCCCCCNC(C)c1sc2ccccc2c1C. The molecule has 1 atom stereocenters. The number of aryl methyl sites for hydroxylation is 1. The lowest BCUT2D eigenvalue weighted by molar-refractivity contribution is 0.549. The molecule has 1 heterocycles. The molecule has 0 saturated carbocycles. The molecule has 0 aliphatic heterocycles. The van der Waals surface area contributed by atoms with Gasteiger partial charge >= 0.3 is 0 Å². The van der Waals surface area contributed by atoms with E-state index < -0.39 is 0 Å². The maximum atomic E-state index is 3.68. The highest BCUT2D eigenvalue weighted by Gasteiger charge is 2.13. The van der Waals surface area contributed by atoms with E-state index in [2.05, 4.69) is 49.7 Å². The molecule has 1 aromatic heterocycles. The molecule has 1 N–H and O–H groups in total. The van der Waals surface area contributed by atoms with E-state index in [1.165, 1.54) is 45.5 Å². The summed E-state index contributed by atoms with van der Waals surface area (Å²) in [5, 5.41) is 5.10. The maximum absolute atomic E-state index is 3.68. The quantitative estimate of drug-likeness (QED) is 0.656. The van der Waals surface area contributed by atoms with Crippen molar-refractivity contribution >= 4 is 33.2 Å². The lowest BCUT2D eigenvalue weighted by Crippen LogP contribution is -2.19. The molecule has 0 fully saturated rings. The van der Waals surface area contributed by atoms with Gasteiger partial charge in [0.15, 0.2) is 0 Å². The summed E-state index contributed by atoms with van der Waals surface area (Å²) in [5.74, 6) is 1.30. The summed E-state index contributed by atoms with van der Waals surface area (Å²) in [6.07, 6.45) is 6.16. The highest BCUT2D eigenvalue weighted by Crippen LogP contribution is 2.34. The first-order chi connectivity index (χ1) is 9.74. The van der Waals surface area contributed by atoms with E-state index in [9.17, 15) is 0 Å². The van der Waals surface area contributed by atoms with Crippen LogP contribution >= 0.6 is 23.1 Å². The van der Waals surface area contributed by atoms with Gasteiger partial charge in [0.05, 0.1) is 0 Å². The Bertz CT molecular complexity index is 533. The van der Waals surface area contributed by atoms with Crippen molar-refractivity contribution in [3.63, 3.8) is 0 Å². The highest BCUT2D eigenvalue weighted by atomic mass is 32.2. The minimum Gasteiger partial charge on any atom is -0.309 e. The lowest BCUT2D eigenvalue weighted by atomic mass is 10.1. The zero-order chi connectivity index (χ0) is 14.4. The third-order valence-electron chi connectivity index (χ3n) is 3.75. The Labute approximate surface area is 131 Å². The molecule has 3 heteroatoms. The predicted molar refractivity (Wildman–Crippen MR) is 95.2 cm³/mol. The van der Waals surface area contributed by atoms with Gasteiger partial charge in [0.25, 0.3) is 0 Å². The summed E-state index contributed by atoms with van der Waals surface area (Å²) in [6.45, 7) is 5.67. The molecule has 20 heavy (non-hydrogen) atoms. The summed E-state index contributed by atoms with van der Waals surface area (Å²) in [5.41, 5.74) is 1.45. The van der Waals surface area contributed by atoms with Crippen LogP contribution < -0.4 is 5.32 Å². The number of benzene rings is 1. The molecular weight excluding hydrogens is 282 g/mol. The van der Waals surface area contributed by atoms with Crippen LogP contribution in [0, 0.1) is 6.92 Å². The van der Waals surface area contributed by atoms with Crippen LogP contribution in [-0.2, 0) is 0 Å². The van der Waals surface area contributed by atoms with Crippen molar-refractivity contribution in [1.29, 1.82) is 0 Å². The number of fused-ring (bicyclic) bond motifs is 1. The van der Waals surface area contributed by atoms with Gasteiger partial charge in [0.2, 0.25) is 0 Å². The van der Waals surface area contributed by atoms with E-state index in [0.29, 0.717) is 6.04 Å². The van der Waals surface area contributed by atoms with Gasteiger partial charge in [-0.15, -0.1) is 11.3 Å². The normalized spacial score (nSPS) is 12.9. The second-order valence-electron chi connectivity index (χ2n) is 5.32. The van der Waals surface area contributed by atoms with Gasteiger partial charge in [-0.2, -0.15) is 11.8 Å². The summed E-state index contributed by atoms with van der Waals surface area (Å²) >= 11 is 3.89. The summed E-state index contributed by atoms with van der Waals surface area (Å²) in [4.78, 5) is 1.50. The molecule has 1 aromatic carbocycles. The van der Waals surface area contributed by atoms with Crippen LogP contribution in [0.25, 0.3) is 10.1 Å². The molecule has 2 aromatic rings. The molecule has 2 rings (SSSR count). The Kier molecular flexibility index (Phi) is 6.40. The van der Waals surface area contributed by atoms with E-state index in [4.69, 9.17) is 0 Å². The van der Waals surface area contributed by atoms with E-state index in [-0.39, 0.29) is 0 Å². The van der Waals surface area contributed by atoms with Crippen LogP contribution in [0.5, 0.6) is 0 Å². The molecule has 0 aliphatic carbocycles. The highest BCUT2D eigenvalue weighted by molar-refractivity contribution is 7.98. The van der Waals surface area contributed by atoms with E-state index in [1.807, 2.05) is 23.1 Å². The third-order valence-corrected chi connectivity index (χ3v) is 5.90. The number of rotatable bonds is 8. The van der Waals surface area contributed by atoms with Gasteiger partial charge in [-0.25, -0.2) is 0 Å². The average Bonchev–Trinajstić information content (AvgIpc) is 2.80. The Hall–Kier alpha value is -0.510. The molecule has 0 saturated heterocycles. The summed E-state index contributed by atoms with van der Waals surface area (Å²) in [6, 6.07) is 9.19. The zero-order valence-corrected chi connectivity index (χ0v) is 14.4. The molecule has 0 amide bonds. The van der Waals surface area contributed by atoms with Crippen LogP contribution in [0.3, 0.4) is 0 Å². The van der Waals surface area contributed by atoms with Crippen LogP contribution in [0.4, 0.5) is 0 Å². The molecule has 1 unspecified atom stereocenters. The second-order valence-corrected chi connectivity index (χ2v) is 7.39. The smallest absolute Gasteiger partial charge is 0.0389 e. The van der Waals surface area contributed by atoms with Crippen molar-refractivity contribution in [3.05, 3.63) is 34.7 Å². The van der Waals surface area contributed by atoms with E-state index in [1.54, 1.807) is 0 Å². The van der Waals surface area contributed by atoms with Crippen molar-refractivity contribution in [2.75, 3.05) is 18.6 Å².